The summed E-state index contributed by atoms with van der Waals surface area (Å²) < 4.78 is 5.35. The summed E-state index contributed by atoms with van der Waals surface area (Å²) in [5.74, 6) is 0.842. The van der Waals surface area contributed by atoms with Gasteiger partial charge in [-0.1, -0.05) is 30.4 Å². The SMILES string of the molecule is CCCNCCc1nnc(-c2ccccc2OC)s1. The van der Waals surface area contributed by atoms with Crippen molar-refractivity contribution in [3.8, 4) is 16.3 Å². The maximum absolute atomic E-state index is 5.35. The number of nitrogens with one attached hydrogen (secondary N) is 1. The molecule has 2 aromatic rings. The van der Waals surface area contributed by atoms with E-state index in [-0.39, 0.29) is 0 Å². The summed E-state index contributed by atoms with van der Waals surface area (Å²) in [6, 6.07) is 7.90. The Kier molecular flexibility index (Phi) is 5.30. The van der Waals surface area contributed by atoms with E-state index < -0.39 is 0 Å². The Balaban J connectivity index is 2.04. The molecule has 0 amide bonds. The summed E-state index contributed by atoms with van der Waals surface area (Å²) >= 11 is 1.63. The monoisotopic (exact) mass is 277 g/mol. The van der Waals surface area contributed by atoms with Gasteiger partial charge in [-0.15, -0.1) is 10.2 Å². The zero-order valence-corrected chi connectivity index (χ0v) is 12.2. The van der Waals surface area contributed by atoms with Crippen LogP contribution in [0.15, 0.2) is 24.3 Å². The van der Waals surface area contributed by atoms with Crippen LogP contribution in [0, 0.1) is 0 Å². The Morgan fingerprint density at radius 2 is 2.05 bits per heavy atom. The molecular weight excluding hydrogens is 258 g/mol. The molecule has 0 bridgehead atoms. The molecular formula is C14H19N3OS. The molecule has 0 fully saturated rings. The van der Waals surface area contributed by atoms with Crippen LogP contribution in [-0.4, -0.2) is 30.4 Å². The molecule has 19 heavy (non-hydrogen) atoms. The third-order valence-electron chi connectivity index (χ3n) is 2.75. The fraction of sp³-hybridized carbons (Fsp3) is 0.429. The molecule has 4 nitrogen and oxygen atoms in total. The maximum atomic E-state index is 5.35. The third kappa shape index (κ3) is 3.75. The van der Waals surface area contributed by atoms with Gasteiger partial charge in [0.15, 0.2) is 5.01 Å². The summed E-state index contributed by atoms with van der Waals surface area (Å²) in [4.78, 5) is 0. The van der Waals surface area contributed by atoms with Gasteiger partial charge in [-0.25, -0.2) is 0 Å². The first kappa shape index (κ1) is 14.0. The Morgan fingerprint density at radius 1 is 1.21 bits per heavy atom. The number of benzene rings is 1. The van der Waals surface area contributed by atoms with Crippen molar-refractivity contribution in [1.82, 2.24) is 15.5 Å². The largest absolute Gasteiger partial charge is 0.496 e. The zero-order valence-electron chi connectivity index (χ0n) is 11.3. The van der Waals surface area contributed by atoms with Gasteiger partial charge in [-0.3, -0.25) is 0 Å². The maximum Gasteiger partial charge on any atom is 0.151 e. The van der Waals surface area contributed by atoms with Gasteiger partial charge in [-0.05, 0) is 25.1 Å². The lowest BCUT2D eigenvalue weighted by Gasteiger charge is -2.03. The van der Waals surface area contributed by atoms with Crippen molar-refractivity contribution in [2.75, 3.05) is 20.2 Å². The van der Waals surface area contributed by atoms with Crippen LogP contribution in [0.5, 0.6) is 5.75 Å². The number of hydrogen-bond donors (Lipinski definition) is 1. The van der Waals surface area contributed by atoms with Gasteiger partial charge >= 0.3 is 0 Å². The van der Waals surface area contributed by atoms with E-state index in [9.17, 15) is 0 Å². The average Bonchev–Trinajstić information content (AvgIpc) is 2.92. The molecule has 0 saturated heterocycles. The number of ether oxygens (including phenoxy) is 1. The second kappa shape index (κ2) is 7.21. The highest BCUT2D eigenvalue weighted by molar-refractivity contribution is 7.14. The van der Waals surface area contributed by atoms with E-state index in [0.717, 1.165) is 47.3 Å². The Morgan fingerprint density at radius 3 is 2.84 bits per heavy atom. The molecule has 102 valence electrons. The van der Waals surface area contributed by atoms with Crippen molar-refractivity contribution < 1.29 is 4.74 Å². The average molecular weight is 277 g/mol. The number of para-hydroxylation sites is 1. The molecule has 5 heteroatoms. The van der Waals surface area contributed by atoms with Crippen molar-refractivity contribution >= 4 is 11.3 Å². The lowest BCUT2D eigenvalue weighted by molar-refractivity contribution is 0.416. The lowest BCUT2D eigenvalue weighted by atomic mass is 10.2. The van der Waals surface area contributed by atoms with E-state index in [0.29, 0.717) is 0 Å². The van der Waals surface area contributed by atoms with Crippen LogP contribution in [0.2, 0.25) is 0 Å². The van der Waals surface area contributed by atoms with Crippen molar-refractivity contribution in [3.05, 3.63) is 29.3 Å². The summed E-state index contributed by atoms with van der Waals surface area (Å²) in [6.45, 7) is 4.17. The van der Waals surface area contributed by atoms with Crippen LogP contribution in [0.1, 0.15) is 18.4 Å². The van der Waals surface area contributed by atoms with Gasteiger partial charge in [0.25, 0.3) is 0 Å². The molecule has 0 atom stereocenters. The highest BCUT2D eigenvalue weighted by atomic mass is 32.1. The van der Waals surface area contributed by atoms with E-state index in [4.69, 9.17) is 4.74 Å². The van der Waals surface area contributed by atoms with E-state index in [2.05, 4.69) is 22.4 Å². The van der Waals surface area contributed by atoms with Crippen LogP contribution >= 0.6 is 11.3 Å². The lowest BCUT2D eigenvalue weighted by Crippen LogP contribution is -2.17. The van der Waals surface area contributed by atoms with Gasteiger partial charge in [0.2, 0.25) is 0 Å². The minimum absolute atomic E-state index is 0.842. The number of rotatable bonds is 7. The Hall–Kier alpha value is -1.46. The topological polar surface area (TPSA) is 47.0 Å². The van der Waals surface area contributed by atoms with Crippen LogP contribution in [0.4, 0.5) is 0 Å². The smallest absolute Gasteiger partial charge is 0.151 e. The van der Waals surface area contributed by atoms with Crippen molar-refractivity contribution in [2.24, 2.45) is 0 Å². The van der Waals surface area contributed by atoms with Crippen LogP contribution in [0.25, 0.3) is 10.6 Å². The van der Waals surface area contributed by atoms with Crippen molar-refractivity contribution in [2.45, 2.75) is 19.8 Å². The number of nitrogens with zero attached hydrogens (tertiary/aromatic N) is 2. The second-order valence-electron chi connectivity index (χ2n) is 4.20. The van der Waals surface area contributed by atoms with E-state index in [1.54, 1.807) is 18.4 Å². The van der Waals surface area contributed by atoms with Gasteiger partial charge in [-0.2, -0.15) is 0 Å². The first-order chi connectivity index (χ1) is 9.35. The molecule has 0 spiro atoms. The zero-order chi connectivity index (χ0) is 13.5. The molecule has 2 rings (SSSR count). The fourth-order valence-electron chi connectivity index (χ4n) is 1.78. The Labute approximate surface area is 117 Å². The van der Waals surface area contributed by atoms with Crippen LogP contribution in [-0.2, 0) is 6.42 Å². The molecule has 1 aromatic carbocycles. The van der Waals surface area contributed by atoms with Gasteiger partial charge < -0.3 is 10.1 Å². The number of aromatic nitrogens is 2. The van der Waals surface area contributed by atoms with E-state index in [1.165, 1.54) is 0 Å². The summed E-state index contributed by atoms with van der Waals surface area (Å²) in [7, 11) is 1.68. The molecule has 0 aliphatic heterocycles. The highest BCUT2D eigenvalue weighted by Gasteiger charge is 2.10. The van der Waals surface area contributed by atoms with Gasteiger partial charge in [0.1, 0.15) is 10.8 Å². The third-order valence-corrected chi connectivity index (χ3v) is 3.76. The highest BCUT2D eigenvalue weighted by Crippen LogP contribution is 2.31. The first-order valence-corrected chi connectivity index (χ1v) is 7.33. The molecule has 1 N–H and O–H groups in total. The van der Waals surface area contributed by atoms with Crippen LogP contribution < -0.4 is 10.1 Å². The summed E-state index contributed by atoms with van der Waals surface area (Å²) in [5, 5.41) is 13.8. The standard InChI is InChI=1S/C14H19N3OS/c1-3-9-15-10-8-13-16-17-14(19-13)11-6-4-5-7-12(11)18-2/h4-7,15H,3,8-10H2,1-2H3. The summed E-state index contributed by atoms with van der Waals surface area (Å²) in [6.07, 6.45) is 2.08. The molecule has 1 heterocycles. The second-order valence-corrected chi connectivity index (χ2v) is 5.26. The molecule has 0 unspecified atom stereocenters. The fourth-order valence-corrected chi connectivity index (χ4v) is 2.65. The van der Waals surface area contributed by atoms with E-state index in [1.807, 2.05) is 24.3 Å². The van der Waals surface area contributed by atoms with E-state index >= 15 is 0 Å². The molecule has 0 saturated carbocycles. The predicted molar refractivity (Wildman–Crippen MR) is 78.8 cm³/mol. The van der Waals surface area contributed by atoms with Gasteiger partial charge in [0, 0.05) is 13.0 Å². The molecule has 0 aliphatic carbocycles. The Bertz CT molecular complexity index is 513. The molecule has 0 radical (unpaired) electrons. The summed E-state index contributed by atoms with van der Waals surface area (Å²) in [5.41, 5.74) is 1.01. The molecule has 0 aliphatic rings. The van der Waals surface area contributed by atoms with Gasteiger partial charge in [0.05, 0.1) is 12.7 Å². The first-order valence-electron chi connectivity index (χ1n) is 6.51. The normalized spacial score (nSPS) is 10.6. The minimum Gasteiger partial charge on any atom is -0.496 e. The predicted octanol–water partition coefficient (Wildman–Crippen LogP) is 2.76. The number of hydrogen-bond acceptors (Lipinski definition) is 5. The van der Waals surface area contributed by atoms with Crippen molar-refractivity contribution in [3.63, 3.8) is 0 Å². The minimum atomic E-state index is 0.842. The quantitative estimate of drug-likeness (QED) is 0.791. The van der Waals surface area contributed by atoms with Crippen LogP contribution in [0.3, 0.4) is 0 Å². The number of methoxy groups -OCH3 is 1. The van der Waals surface area contributed by atoms with Crippen molar-refractivity contribution in [1.29, 1.82) is 0 Å². The molecule has 1 aromatic heterocycles.